The normalized spacial score (nSPS) is 19.2. The number of carboxylic acid groups (broad SMARTS) is 1. The van der Waals surface area contributed by atoms with Crippen LogP contribution in [0.5, 0.6) is 5.75 Å². The molecule has 4 nitrogen and oxygen atoms in total. The molecular weight excluding hydrogens is 242 g/mol. The average molecular weight is 261 g/mol. The van der Waals surface area contributed by atoms with Crippen molar-refractivity contribution >= 4 is 11.7 Å². The fraction of sp³-hybridized carbons (Fsp3) is 0.533. The molecule has 0 bridgehead atoms. The maximum absolute atomic E-state index is 11.4. The van der Waals surface area contributed by atoms with E-state index in [9.17, 15) is 9.90 Å². The lowest BCUT2D eigenvalue weighted by Gasteiger charge is -2.41. The molecule has 4 heteroatoms. The molecule has 102 valence electrons. The average Bonchev–Trinajstić information content (AvgIpc) is 2.79. The van der Waals surface area contributed by atoms with Crippen LogP contribution in [-0.2, 0) is 11.2 Å². The molecule has 1 aliphatic carbocycles. The van der Waals surface area contributed by atoms with Crippen LogP contribution in [0.1, 0.15) is 24.8 Å². The quantitative estimate of drug-likeness (QED) is 0.903. The van der Waals surface area contributed by atoms with Gasteiger partial charge in [-0.2, -0.15) is 0 Å². The molecule has 1 aromatic carbocycles. The van der Waals surface area contributed by atoms with Gasteiger partial charge in [-0.3, -0.25) is 4.79 Å². The monoisotopic (exact) mass is 261 g/mol. The van der Waals surface area contributed by atoms with E-state index in [1.54, 1.807) is 0 Å². The third kappa shape index (κ3) is 2.05. The van der Waals surface area contributed by atoms with Gasteiger partial charge in [-0.25, -0.2) is 0 Å². The number of carboxylic acids is 1. The van der Waals surface area contributed by atoms with E-state index >= 15 is 0 Å². The third-order valence-corrected chi connectivity index (χ3v) is 4.42. The van der Waals surface area contributed by atoms with Crippen LogP contribution in [0.2, 0.25) is 0 Å². The Balaban J connectivity index is 1.77. The summed E-state index contributed by atoms with van der Waals surface area (Å²) in [6, 6.07) is 6.12. The molecule has 2 aliphatic rings. The predicted molar refractivity (Wildman–Crippen MR) is 72.8 cm³/mol. The fourth-order valence-electron chi connectivity index (χ4n) is 3.00. The van der Waals surface area contributed by atoms with Gasteiger partial charge in [0, 0.05) is 25.7 Å². The summed E-state index contributed by atoms with van der Waals surface area (Å²) in [5, 5.41) is 9.39. The number of hydrogen-bond acceptors (Lipinski definition) is 3. The summed E-state index contributed by atoms with van der Waals surface area (Å²) in [5.41, 5.74) is 1.77. The molecule has 1 aliphatic heterocycles. The van der Waals surface area contributed by atoms with Crippen molar-refractivity contribution in [1.82, 2.24) is 0 Å². The largest absolute Gasteiger partial charge is 0.493 e. The lowest BCUT2D eigenvalue weighted by Crippen LogP contribution is -2.46. The summed E-state index contributed by atoms with van der Waals surface area (Å²) in [6.45, 7) is 1.34. The van der Waals surface area contributed by atoms with E-state index in [4.69, 9.17) is 4.74 Å². The summed E-state index contributed by atoms with van der Waals surface area (Å²) < 4.78 is 5.49. The summed E-state index contributed by atoms with van der Waals surface area (Å²) in [5.74, 6) is 0.309. The number of ether oxygens (including phenoxy) is 1. The number of hydrogen-bond donors (Lipinski definition) is 1. The molecule has 1 N–H and O–H groups in total. The summed E-state index contributed by atoms with van der Waals surface area (Å²) >= 11 is 0. The second-order valence-electron chi connectivity index (χ2n) is 5.69. The fourth-order valence-corrected chi connectivity index (χ4v) is 3.00. The zero-order valence-corrected chi connectivity index (χ0v) is 11.2. The van der Waals surface area contributed by atoms with Gasteiger partial charge in [0.2, 0.25) is 0 Å². The zero-order chi connectivity index (χ0) is 13.5. The number of anilines is 1. The Kier molecular flexibility index (Phi) is 2.88. The van der Waals surface area contributed by atoms with E-state index in [2.05, 4.69) is 11.0 Å². The second-order valence-corrected chi connectivity index (χ2v) is 5.69. The highest BCUT2D eigenvalue weighted by molar-refractivity contribution is 5.76. The van der Waals surface area contributed by atoms with E-state index in [0.717, 1.165) is 43.7 Å². The summed E-state index contributed by atoms with van der Waals surface area (Å²) in [7, 11) is 1.97. The molecule has 0 aromatic heterocycles. The minimum absolute atomic E-state index is 0.537. The van der Waals surface area contributed by atoms with Gasteiger partial charge in [0.05, 0.1) is 12.0 Å². The molecule has 0 amide bonds. The van der Waals surface area contributed by atoms with Gasteiger partial charge in [0.25, 0.3) is 0 Å². The number of aliphatic carboxylic acids is 1. The van der Waals surface area contributed by atoms with E-state index in [0.29, 0.717) is 6.54 Å². The molecule has 0 atom stereocenters. The van der Waals surface area contributed by atoms with Crippen molar-refractivity contribution in [2.75, 3.05) is 25.1 Å². The van der Waals surface area contributed by atoms with Gasteiger partial charge in [-0.05, 0) is 36.6 Å². The Bertz CT molecular complexity index is 508. The molecule has 0 unspecified atom stereocenters. The van der Waals surface area contributed by atoms with Crippen LogP contribution in [-0.4, -0.2) is 31.3 Å². The Morgan fingerprint density at radius 3 is 2.89 bits per heavy atom. The van der Waals surface area contributed by atoms with Crippen LogP contribution in [0.3, 0.4) is 0 Å². The first-order valence-electron chi connectivity index (χ1n) is 6.81. The minimum Gasteiger partial charge on any atom is -0.493 e. The topological polar surface area (TPSA) is 49.8 Å². The molecular formula is C15H19NO3. The molecule has 0 spiro atoms. The van der Waals surface area contributed by atoms with Gasteiger partial charge in [0.1, 0.15) is 5.75 Å². The van der Waals surface area contributed by atoms with E-state index in [-0.39, 0.29) is 0 Å². The molecule has 3 rings (SSSR count). The molecule has 19 heavy (non-hydrogen) atoms. The Morgan fingerprint density at radius 1 is 1.47 bits per heavy atom. The number of fused-ring (bicyclic) bond motifs is 1. The van der Waals surface area contributed by atoms with Crippen LogP contribution < -0.4 is 9.64 Å². The third-order valence-electron chi connectivity index (χ3n) is 4.42. The van der Waals surface area contributed by atoms with Gasteiger partial charge in [-0.15, -0.1) is 0 Å². The van der Waals surface area contributed by atoms with Crippen molar-refractivity contribution in [2.24, 2.45) is 5.41 Å². The zero-order valence-electron chi connectivity index (χ0n) is 11.2. The standard InChI is InChI=1S/C15H19NO3/c1-16(10-15(14(17)18)6-2-7-15)12-3-4-13-11(9-12)5-8-19-13/h3-4,9H,2,5-8,10H2,1H3,(H,17,18). The molecule has 1 fully saturated rings. The Hall–Kier alpha value is -1.71. The number of benzene rings is 1. The van der Waals surface area contributed by atoms with Crippen molar-refractivity contribution in [2.45, 2.75) is 25.7 Å². The highest BCUT2D eigenvalue weighted by atomic mass is 16.5. The van der Waals surface area contributed by atoms with Crippen LogP contribution in [0.15, 0.2) is 18.2 Å². The first-order chi connectivity index (χ1) is 9.11. The van der Waals surface area contributed by atoms with Crippen molar-refractivity contribution in [1.29, 1.82) is 0 Å². The maximum Gasteiger partial charge on any atom is 0.311 e. The van der Waals surface area contributed by atoms with E-state index in [1.807, 2.05) is 19.2 Å². The van der Waals surface area contributed by atoms with Crippen LogP contribution in [0.25, 0.3) is 0 Å². The van der Waals surface area contributed by atoms with Gasteiger partial charge in [-0.1, -0.05) is 6.42 Å². The van der Waals surface area contributed by atoms with Gasteiger partial charge < -0.3 is 14.7 Å². The van der Waals surface area contributed by atoms with Gasteiger partial charge >= 0.3 is 5.97 Å². The van der Waals surface area contributed by atoms with Crippen molar-refractivity contribution in [3.05, 3.63) is 23.8 Å². The molecule has 0 saturated heterocycles. The first kappa shape index (κ1) is 12.3. The Morgan fingerprint density at radius 2 is 2.26 bits per heavy atom. The smallest absolute Gasteiger partial charge is 0.311 e. The van der Waals surface area contributed by atoms with E-state index < -0.39 is 11.4 Å². The van der Waals surface area contributed by atoms with Crippen LogP contribution in [0.4, 0.5) is 5.69 Å². The number of nitrogens with zero attached hydrogens (tertiary/aromatic N) is 1. The highest BCUT2D eigenvalue weighted by Crippen LogP contribution is 2.42. The highest BCUT2D eigenvalue weighted by Gasteiger charge is 2.45. The van der Waals surface area contributed by atoms with Crippen molar-refractivity contribution < 1.29 is 14.6 Å². The van der Waals surface area contributed by atoms with Crippen molar-refractivity contribution in [3.8, 4) is 5.75 Å². The number of rotatable bonds is 4. The lowest BCUT2D eigenvalue weighted by molar-refractivity contribution is -0.153. The van der Waals surface area contributed by atoms with Gasteiger partial charge in [0.15, 0.2) is 0 Å². The maximum atomic E-state index is 11.4. The minimum atomic E-state index is -0.657. The van der Waals surface area contributed by atoms with Crippen molar-refractivity contribution in [3.63, 3.8) is 0 Å². The molecule has 1 saturated carbocycles. The molecule has 1 heterocycles. The Labute approximate surface area is 113 Å². The SMILES string of the molecule is CN(CC1(C(=O)O)CCC1)c1ccc2c(c1)CCO2. The molecule has 1 aromatic rings. The van der Waals surface area contributed by atoms with Crippen LogP contribution in [0, 0.1) is 5.41 Å². The first-order valence-corrected chi connectivity index (χ1v) is 6.81. The summed E-state index contributed by atoms with van der Waals surface area (Å²) in [4.78, 5) is 13.5. The molecule has 0 radical (unpaired) electrons. The van der Waals surface area contributed by atoms with Crippen LogP contribution >= 0.6 is 0 Å². The lowest BCUT2D eigenvalue weighted by atomic mass is 9.68. The summed E-state index contributed by atoms with van der Waals surface area (Å²) in [6.07, 6.45) is 3.56. The van der Waals surface area contributed by atoms with E-state index in [1.165, 1.54) is 5.56 Å². The predicted octanol–water partition coefficient (Wildman–Crippen LogP) is 2.31. The second kappa shape index (κ2) is 4.44. The number of carbonyl (C=O) groups is 1.